The van der Waals surface area contributed by atoms with Crippen molar-refractivity contribution in [3.8, 4) is 5.75 Å². The highest BCUT2D eigenvalue weighted by Gasteiger charge is 2.06. The standard InChI is InChI=1S/C14H18O4/c1-4-18-14(16)6-5-11-7-12(9-15)10(2)13(8-11)17-3/h5-8,15H,4,9H2,1-3H3/b6-5+. The van der Waals surface area contributed by atoms with Crippen LogP contribution in [0.3, 0.4) is 0 Å². The van der Waals surface area contributed by atoms with Crippen molar-refractivity contribution in [2.24, 2.45) is 0 Å². The minimum absolute atomic E-state index is 0.0662. The molecule has 0 spiro atoms. The van der Waals surface area contributed by atoms with E-state index >= 15 is 0 Å². The molecule has 0 saturated carbocycles. The predicted octanol–water partition coefficient (Wildman–Crippen LogP) is 2.07. The van der Waals surface area contributed by atoms with Gasteiger partial charge in [0, 0.05) is 6.08 Å². The highest BCUT2D eigenvalue weighted by atomic mass is 16.5. The number of esters is 1. The van der Waals surface area contributed by atoms with Gasteiger partial charge in [-0.2, -0.15) is 0 Å². The number of carbonyl (C=O) groups excluding carboxylic acids is 1. The van der Waals surface area contributed by atoms with Gasteiger partial charge in [-0.3, -0.25) is 0 Å². The Labute approximate surface area is 107 Å². The third-order valence-electron chi connectivity index (χ3n) is 2.58. The number of hydrogen-bond donors (Lipinski definition) is 1. The second kappa shape index (κ2) is 6.81. The van der Waals surface area contributed by atoms with Crippen molar-refractivity contribution < 1.29 is 19.4 Å². The predicted molar refractivity (Wildman–Crippen MR) is 69.3 cm³/mol. The number of carbonyl (C=O) groups is 1. The highest BCUT2D eigenvalue weighted by Crippen LogP contribution is 2.24. The Kier molecular flexibility index (Phi) is 5.39. The first-order valence-corrected chi connectivity index (χ1v) is 5.75. The summed E-state index contributed by atoms with van der Waals surface area (Å²) in [5.74, 6) is 0.299. The molecule has 0 saturated heterocycles. The highest BCUT2D eigenvalue weighted by molar-refractivity contribution is 5.87. The number of aliphatic hydroxyl groups is 1. The summed E-state index contributed by atoms with van der Waals surface area (Å²) in [5.41, 5.74) is 2.46. The molecule has 4 nitrogen and oxygen atoms in total. The van der Waals surface area contributed by atoms with Crippen LogP contribution in [0.2, 0.25) is 0 Å². The SMILES string of the molecule is CCOC(=O)/C=C/c1cc(CO)c(C)c(OC)c1. The molecule has 1 rings (SSSR count). The van der Waals surface area contributed by atoms with Crippen LogP contribution in [-0.2, 0) is 16.1 Å². The molecule has 0 aromatic heterocycles. The molecule has 1 N–H and O–H groups in total. The monoisotopic (exact) mass is 250 g/mol. The van der Waals surface area contributed by atoms with E-state index in [1.54, 1.807) is 20.1 Å². The second-order valence-corrected chi connectivity index (χ2v) is 3.75. The van der Waals surface area contributed by atoms with E-state index in [0.29, 0.717) is 12.4 Å². The third-order valence-corrected chi connectivity index (χ3v) is 2.58. The van der Waals surface area contributed by atoms with Gasteiger partial charge >= 0.3 is 5.97 Å². The molecule has 0 radical (unpaired) electrons. The smallest absolute Gasteiger partial charge is 0.330 e. The van der Waals surface area contributed by atoms with Gasteiger partial charge in [-0.25, -0.2) is 4.79 Å². The van der Waals surface area contributed by atoms with Crippen molar-refractivity contribution in [2.75, 3.05) is 13.7 Å². The van der Waals surface area contributed by atoms with Gasteiger partial charge in [0.25, 0.3) is 0 Å². The molecule has 1 aromatic rings. The van der Waals surface area contributed by atoms with Crippen molar-refractivity contribution >= 4 is 12.0 Å². The number of methoxy groups -OCH3 is 1. The number of benzene rings is 1. The van der Waals surface area contributed by atoms with Crippen LogP contribution >= 0.6 is 0 Å². The van der Waals surface area contributed by atoms with Gasteiger partial charge in [0.15, 0.2) is 0 Å². The van der Waals surface area contributed by atoms with E-state index in [1.165, 1.54) is 6.08 Å². The fourth-order valence-electron chi connectivity index (χ4n) is 1.60. The van der Waals surface area contributed by atoms with Crippen LogP contribution in [0.15, 0.2) is 18.2 Å². The molecule has 0 aliphatic rings. The summed E-state index contributed by atoms with van der Waals surface area (Å²) >= 11 is 0. The van der Waals surface area contributed by atoms with Crippen LogP contribution in [-0.4, -0.2) is 24.8 Å². The minimum atomic E-state index is -0.386. The molecule has 0 heterocycles. The number of aliphatic hydroxyl groups excluding tert-OH is 1. The van der Waals surface area contributed by atoms with Crippen molar-refractivity contribution in [1.29, 1.82) is 0 Å². The summed E-state index contributed by atoms with van der Waals surface area (Å²) in [6.07, 6.45) is 2.99. The lowest BCUT2D eigenvalue weighted by atomic mass is 10.0. The maximum atomic E-state index is 11.2. The zero-order valence-electron chi connectivity index (χ0n) is 10.9. The van der Waals surface area contributed by atoms with Gasteiger partial charge in [0.2, 0.25) is 0 Å². The van der Waals surface area contributed by atoms with Crippen molar-refractivity contribution in [1.82, 2.24) is 0 Å². The average molecular weight is 250 g/mol. The van der Waals surface area contributed by atoms with Gasteiger partial charge in [0.1, 0.15) is 5.75 Å². The first-order valence-electron chi connectivity index (χ1n) is 5.75. The van der Waals surface area contributed by atoms with Gasteiger partial charge < -0.3 is 14.6 Å². The summed E-state index contributed by atoms with van der Waals surface area (Å²) < 4.78 is 10.0. The maximum absolute atomic E-state index is 11.2. The molecule has 0 aliphatic carbocycles. The molecule has 4 heteroatoms. The molecular formula is C14H18O4. The summed E-state index contributed by atoms with van der Waals surface area (Å²) in [6, 6.07) is 3.62. The summed E-state index contributed by atoms with van der Waals surface area (Å²) in [7, 11) is 1.57. The van der Waals surface area contributed by atoms with Gasteiger partial charge in [-0.05, 0) is 48.7 Å². The van der Waals surface area contributed by atoms with E-state index in [1.807, 2.05) is 19.1 Å². The third kappa shape index (κ3) is 3.60. The Morgan fingerprint density at radius 3 is 2.72 bits per heavy atom. The van der Waals surface area contributed by atoms with Crippen LogP contribution in [0.25, 0.3) is 6.08 Å². The van der Waals surface area contributed by atoms with Crippen molar-refractivity contribution in [2.45, 2.75) is 20.5 Å². The average Bonchev–Trinajstić information content (AvgIpc) is 2.37. The van der Waals surface area contributed by atoms with E-state index in [-0.39, 0.29) is 12.6 Å². The Morgan fingerprint density at radius 2 is 2.17 bits per heavy atom. The molecule has 0 atom stereocenters. The summed E-state index contributed by atoms with van der Waals surface area (Å²) in [4.78, 5) is 11.2. The van der Waals surface area contributed by atoms with E-state index in [9.17, 15) is 9.90 Å². The Balaban J connectivity index is 2.99. The molecule has 0 amide bonds. The molecule has 0 aliphatic heterocycles. The fraction of sp³-hybridized carbons (Fsp3) is 0.357. The minimum Gasteiger partial charge on any atom is -0.496 e. The van der Waals surface area contributed by atoms with Gasteiger partial charge in [-0.15, -0.1) is 0 Å². The number of hydrogen-bond acceptors (Lipinski definition) is 4. The molecule has 0 bridgehead atoms. The van der Waals surface area contributed by atoms with E-state index in [2.05, 4.69) is 0 Å². The van der Waals surface area contributed by atoms with Crippen LogP contribution in [0, 0.1) is 6.92 Å². The molecular weight excluding hydrogens is 232 g/mol. The Bertz CT molecular complexity index is 424. The summed E-state index contributed by atoms with van der Waals surface area (Å²) in [5, 5.41) is 9.25. The van der Waals surface area contributed by atoms with Crippen molar-refractivity contribution in [3.05, 3.63) is 34.9 Å². The molecule has 18 heavy (non-hydrogen) atoms. The maximum Gasteiger partial charge on any atom is 0.330 e. The Morgan fingerprint density at radius 1 is 1.44 bits per heavy atom. The molecule has 0 unspecified atom stereocenters. The first kappa shape index (κ1) is 14.3. The molecule has 0 fully saturated rings. The van der Waals surface area contributed by atoms with E-state index < -0.39 is 0 Å². The lowest BCUT2D eigenvalue weighted by molar-refractivity contribution is -0.137. The van der Waals surface area contributed by atoms with Crippen LogP contribution in [0.5, 0.6) is 5.75 Å². The Hall–Kier alpha value is -1.81. The molecule has 98 valence electrons. The number of rotatable bonds is 5. The molecule has 1 aromatic carbocycles. The van der Waals surface area contributed by atoms with Crippen LogP contribution in [0.1, 0.15) is 23.6 Å². The lowest BCUT2D eigenvalue weighted by Gasteiger charge is -2.10. The lowest BCUT2D eigenvalue weighted by Crippen LogP contribution is -1.99. The normalized spacial score (nSPS) is 10.7. The van der Waals surface area contributed by atoms with Crippen LogP contribution in [0.4, 0.5) is 0 Å². The zero-order chi connectivity index (χ0) is 13.5. The summed E-state index contributed by atoms with van der Waals surface area (Å²) in [6.45, 7) is 3.92. The quantitative estimate of drug-likeness (QED) is 0.642. The van der Waals surface area contributed by atoms with Gasteiger partial charge in [-0.1, -0.05) is 0 Å². The van der Waals surface area contributed by atoms with Gasteiger partial charge in [0.05, 0.1) is 20.3 Å². The largest absolute Gasteiger partial charge is 0.496 e. The second-order valence-electron chi connectivity index (χ2n) is 3.75. The van der Waals surface area contributed by atoms with E-state index in [4.69, 9.17) is 9.47 Å². The topological polar surface area (TPSA) is 55.8 Å². The fourth-order valence-corrected chi connectivity index (χ4v) is 1.60. The first-order chi connectivity index (χ1) is 8.62. The zero-order valence-corrected chi connectivity index (χ0v) is 10.9. The van der Waals surface area contributed by atoms with E-state index in [0.717, 1.165) is 16.7 Å². The van der Waals surface area contributed by atoms with Crippen molar-refractivity contribution in [3.63, 3.8) is 0 Å². The number of ether oxygens (including phenoxy) is 2. The van der Waals surface area contributed by atoms with Crippen LogP contribution < -0.4 is 4.74 Å².